The lowest BCUT2D eigenvalue weighted by Gasteiger charge is -2.07. The molecule has 0 amide bonds. The number of hydrogen-bond donors (Lipinski definition) is 1. The fourth-order valence-electron chi connectivity index (χ4n) is 1.47. The van der Waals surface area contributed by atoms with Crippen molar-refractivity contribution in [1.29, 1.82) is 0 Å². The first-order chi connectivity index (χ1) is 8.88. The lowest BCUT2D eigenvalue weighted by molar-refractivity contribution is 0.583. The molecule has 0 aliphatic heterocycles. The standard InChI is InChI=1S/C12H11Cl2NO2S2/c1-8-2-5-12(18-8)19(16,17)15-7-9-3-4-10(13)6-11(9)14/h2-6,15H,7H2,1H3. The highest BCUT2D eigenvalue weighted by molar-refractivity contribution is 7.91. The number of rotatable bonds is 4. The number of nitrogens with one attached hydrogen (secondary N) is 1. The van der Waals surface area contributed by atoms with E-state index in [9.17, 15) is 8.42 Å². The maximum atomic E-state index is 12.0. The van der Waals surface area contributed by atoms with E-state index in [1.165, 1.54) is 11.3 Å². The van der Waals surface area contributed by atoms with Gasteiger partial charge in [0.1, 0.15) is 4.21 Å². The number of hydrogen-bond acceptors (Lipinski definition) is 3. The molecule has 7 heteroatoms. The summed E-state index contributed by atoms with van der Waals surface area (Å²) in [5.74, 6) is 0. The molecule has 102 valence electrons. The van der Waals surface area contributed by atoms with Crippen LogP contribution in [0.5, 0.6) is 0 Å². The normalized spacial score (nSPS) is 11.7. The van der Waals surface area contributed by atoms with Crippen LogP contribution in [0, 0.1) is 6.92 Å². The van der Waals surface area contributed by atoms with Crippen LogP contribution in [0.1, 0.15) is 10.4 Å². The van der Waals surface area contributed by atoms with Crippen LogP contribution in [-0.4, -0.2) is 8.42 Å². The van der Waals surface area contributed by atoms with Gasteiger partial charge in [-0.3, -0.25) is 0 Å². The van der Waals surface area contributed by atoms with E-state index in [-0.39, 0.29) is 6.54 Å². The van der Waals surface area contributed by atoms with E-state index in [0.29, 0.717) is 19.8 Å². The molecule has 0 unspecified atom stereocenters. The maximum absolute atomic E-state index is 12.0. The van der Waals surface area contributed by atoms with E-state index >= 15 is 0 Å². The van der Waals surface area contributed by atoms with Gasteiger partial charge in [-0.15, -0.1) is 11.3 Å². The number of benzene rings is 1. The Bertz CT molecular complexity index is 696. The molecule has 2 rings (SSSR count). The molecule has 0 bridgehead atoms. The molecule has 1 heterocycles. The third-order valence-electron chi connectivity index (χ3n) is 2.45. The highest BCUT2D eigenvalue weighted by Gasteiger charge is 2.16. The minimum absolute atomic E-state index is 0.134. The summed E-state index contributed by atoms with van der Waals surface area (Å²) in [5.41, 5.74) is 0.683. The zero-order valence-electron chi connectivity index (χ0n) is 9.98. The SMILES string of the molecule is Cc1ccc(S(=O)(=O)NCc2ccc(Cl)cc2Cl)s1. The Morgan fingerprint density at radius 3 is 2.53 bits per heavy atom. The van der Waals surface area contributed by atoms with Gasteiger partial charge in [0.05, 0.1) is 0 Å². The molecule has 19 heavy (non-hydrogen) atoms. The molecule has 1 aromatic heterocycles. The molecule has 0 atom stereocenters. The lowest BCUT2D eigenvalue weighted by Crippen LogP contribution is -2.22. The Balaban J connectivity index is 2.14. The molecule has 0 saturated carbocycles. The van der Waals surface area contributed by atoms with Crippen molar-refractivity contribution in [3.05, 3.63) is 50.8 Å². The van der Waals surface area contributed by atoms with E-state index in [2.05, 4.69) is 4.72 Å². The van der Waals surface area contributed by atoms with Gasteiger partial charge in [0.15, 0.2) is 0 Å². The van der Waals surface area contributed by atoms with E-state index in [1.54, 1.807) is 30.3 Å². The molecule has 0 fully saturated rings. The minimum Gasteiger partial charge on any atom is -0.206 e. The molecule has 2 aromatic rings. The lowest BCUT2D eigenvalue weighted by atomic mass is 10.2. The highest BCUT2D eigenvalue weighted by atomic mass is 35.5. The van der Waals surface area contributed by atoms with Gasteiger partial charge >= 0.3 is 0 Å². The molecule has 0 aliphatic rings. The van der Waals surface area contributed by atoms with E-state index in [0.717, 1.165) is 4.88 Å². The van der Waals surface area contributed by atoms with Crippen molar-refractivity contribution < 1.29 is 8.42 Å². The number of aryl methyl sites for hydroxylation is 1. The Kier molecular flexibility index (Phi) is 4.53. The Labute approximate surface area is 126 Å². The fourth-order valence-corrected chi connectivity index (χ4v) is 4.28. The van der Waals surface area contributed by atoms with Crippen LogP contribution in [0.25, 0.3) is 0 Å². The average Bonchev–Trinajstić information content (AvgIpc) is 2.75. The quantitative estimate of drug-likeness (QED) is 0.922. The molecular formula is C12H11Cl2NO2S2. The van der Waals surface area contributed by atoms with E-state index < -0.39 is 10.0 Å². The summed E-state index contributed by atoms with van der Waals surface area (Å²) in [6.07, 6.45) is 0. The van der Waals surface area contributed by atoms with Crippen LogP contribution in [0.3, 0.4) is 0 Å². The van der Waals surface area contributed by atoms with Crippen LogP contribution < -0.4 is 4.72 Å². The fraction of sp³-hybridized carbons (Fsp3) is 0.167. The first-order valence-electron chi connectivity index (χ1n) is 5.38. The molecule has 0 aliphatic carbocycles. The second-order valence-electron chi connectivity index (χ2n) is 3.93. The molecular weight excluding hydrogens is 325 g/mol. The molecule has 0 radical (unpaired) electrons. The van der Waals surface area contributed by atoms with Gasteiger partial charge in [-0.1, -0.05) is 29.3 Å². The van der Waals surface area contributed by atoms with Gasteiger partial charge in [0, 0.05) is 21.5 Å². The predicted octanol–water partition coefficient (Wildman–Crippen LogP) is 3.84. The van der Waals surface area contributed by atoms with Gasteiger partial charge in [0.25, 0.3) is 0 Å². The summed E-state index contributed by atoms with van der Waals surface area (Å²) in [7, 11) is -3.49. The van der Waals surface area contributed by atoms with Crippen LogP contribution in [0.2, 0.25) is 10.0 Å². The minimum atomic E-state index is -3.49. The number of sulfonamides is 1. The Hall–Kier alpha value is -0.590. The van der Waals surface area contributed by atoms with E-state index in [4.69, 9.17) is 23.2 Å². The van der Waals surface area contributed by atoms with Gasteiger partial charge in [-0.05, 0) is 36.8 Å². The van der Waals surface area contributed by atoms with Gasteiger partial charge in [0.2, 0.25) is 10.0 Å². The van der Waals surface area contributed by atoms with Crippen molar-refractivity contribution in [1.82, 2.24) is 4.72 Å². The predicted molar refractivity (Wildman–Crippen MR) is 79.5 cm³/mol. The van der Waals surface area contributed by atoms with Crippen molar-refractivity contribution in [2.45, 2.75) is 17.7 Å². The second kappa shape index (κ2) is 5.81. The Morgan fingerprint density at radius 1 is 1.21 bits per heavy atom. The van der Waals surface area contributed by atoms with Gasteiger partial charge < -0.3 is 0 Å². The van der Waals surface area contributed by atoms with Gasteiger partial charge in [-0.25, -0.2) is 13.1 Å². The zero-order valence-corrected chi connectivity index (χ0v) is 13.1. The maximum Gasteiger partial charge on any atom is 0.250 e. The van der Waals surface area contributed by atoms with Crippen molar-refractivity contribution in [2.24, 2.45) is 0 Å². The monoisotopic (exact) mass is 335 g/mol. The van der Waals surface area contributed by atoms with E-state index in [1.807, 2.05) is 6.92 Å². The van der Waals surface area contributed by atoms with Crippen LogP contribution in [0.4, 0.5) is 0 Å². The average molecular weight is 336 g/mol. The summed E-state index contributed by atoms with van der Waals surface area (Å²) in [5, 5.41) is 0.961. The van der Waals surface area contributed by atoms with Crippen molar-refractivity contribution in [3.63, 3.8) is 0 Å². The van der Waals surface area contributed by atoms with Gasteiger partial charge in [-0.2, -0.15) is 0 Å². The largest absolute Gasteiger partial charge is 0.250 e. The van der Waals surface area contributed by atoms with Crippen molar-refractivity contribution in [2.75, 3.05) is 0 Å². The van der Waals surface area contributed by atoms with Crippen molar-refractivity contribution in [3.8, 4) is 0 Å². The summed E-state index contributed by atoms with van der Waals surface area (Å²) in [6, 6.07) is 8.32. The second-order valence-corrected chi connectivity index (χ2v) is 8.05. The molecule has 0 spiro atoms. The number of thiophene rings is 1. The van der Waals surface area contributed by atoms with Crippen LogP contribution in [0.15, 0.2) is 34.5 Å². The van der Waals surface area contributed by atoms with Crippen LogP contribution >= 0.6 is 34.5 Å². The summed E-state index contributed by atoms with van der Waals surface area (Å²) >= 11 is 13.0. The molecule has 1 aromatic carbocycles. The number of halogens is 2. The summed E-state index contributed by atoms with van der Waals surface area (Å²) < 4.78 is 26.9. The summed E-state index contributed by atoms with van der Waals surface area (Å²) in [6.45, 7) is 2.00. The van der Waals surface area contributed by atoms with Crippen LogP contribution in [-0.2, 0) is 16.6 Å². The molecule has 3 nitrogen and oxygen atoms in total. The Morgan fingerprint density at radius 2 is 1.95 bits per heavy atom. The molecule has 0 saturated heterocycles. The zero-order chi connectivity index (χ0) is 14.0. The first kappa shape index (κ1) is 14.8. The third kappa shape index (κ3) is 3.70. The third-order valence-corrected chi connectivity index (χ3v) is 5.93. The smallest absolute Gasteiger partial charge is 0.206 e. The first-order valence-corrected chi connectivity index (χ1v) is 8.44. The van der Waals surface area contributed by atoms with Crippen molar-refractivity contribution >= 4 is 44.6 Å². The highest BCUT2D eigenvalue weighted by Crippen LogP contribution is 2.23. The molecule has 1 N–H and O–H groups in total. The summed E-state index contributed by atoms with van der Waals surface area (Å²) in [4.78, 5) is 0.949. The topological polar surface area (TPSA) is 46.2 Å².